The van der Waals surface area contributed by atoms with Gasteiger partial charge >= 0.3 is 0 Å². The molecule has 2 aromatic carbocycles. The zero-order chi connectivity index (χ0) is 18.4. The van der Waals surface area contributed by atoms with E-state index in [2.05, 4.69) is 10.6 Å². The molecule has 0 atom stereocenters. The predicted octanol–water partition coefficient (Wildman–Crippen LogP) is 1.62. The van der Waals surface area contributed by atoms with Crippen LogP contribution < -0.4 is 10.6 Å². The van der Waals surface area contributed by atoms with E-state index in [0.29, 0.717) is 0 Å². The molecule has 2 rings (SSSR count). The van der Waals surface area contributed by atoms with Crippen LogP contribution in [0.4, 0.5) is 11.4 Å². The van der Waals surface area contributed by atoms with Crippen molar-refractivity contribution in [1.29, 1.82) is 0 Å². The van der Waals surface area contributed by atoms with Crippen molar-refractivity contribution in [1.82, 2.24) is 10.6 Å². The first-order valence-electron chi connectivity index (χ1n) is 6.94. The predicted molar refractivity (Wildman–Crippen MR) is 86.0 cm³/mol. The number of rotatable bonds is 6. The number of carbonyl (C=O) groups is 2. The maximum absolute atomic E-state index is 11.9. The van der Waals surface area contributed by atoms with Gasteiger partial charge in [-0.05, 0) is 24.3 Å². The smallest absolute Gasteiger partial charge is 0.269 e. The molecule has 128 valence electrons. The number of amides is 2. The molecule has 0 saturated heterocycles. The summed E-state index contributed by atoms with van der Waals surface area (Å²) in [7, 11) is 0. The van der Waals surface area contributed by atoms with Gasteiger partial charge in [-0.25, -0.2) is 0 Å². The molecule has 0 fully saturated rings. The minimum absolute atomic E-state index is 0.136. The van der Waals surface area contributed by atoms with E-state index in [4.69, 9.17) is 0 Å². The van der Waals surface area contributed by atoms with Crippen LogP contribution in [-0.4, -0.2) is 28.3 Å². The lowest BCUT2D eigenvalue weighted by atomic mass is 10.2. The first-order valence-corrected chi connectivity index (χ1v) is 6.94. The van der Waals surface area contributed by atoms with E-state index in [1.54, 1.807) is 0 Å². The van der Waals surface area contributed by atoms with Gasteiger partial charge in [0.05, 0.1) is 16.5 Å². The summed E-state index contributed by atoms with van der Waals surface area (Å²) in [5.41, 5.74) is 0.136. The van der Waals surface area contributed by atoms with Crippen molar-refractivity contribution < 1.29 is 19.4 Å². The van der Waals surface area contributed by atoms with Gasteiger partial charge in [-0.1, -0.05) is 0 Å². The van der Waals surface area contributed by atoms with E-state index in [1.165, 1.54) is 48.5 Å². The number of benzene rings is 2. The lowest BCUT2D eigenvalue weighted by Crippen LogP contribution is -2.37. The fraction of sp³-hybridized carbons (Fsp3) is 0.0667. The van der Waals surface area contributed by atoms with Crippen molar-refractivity contribution >= 4 is 23.2 Å². The minimum Gasteiger partial charge on any atom is -0.335 e. The van der Waals surface area contributed by atoms with E-state index < -0.39 is 21.7 Å². The molecule has 2 amide bonds. The Hall–Kier alpha value is -3.82. The van der Waals surface area contributed by atoms with Crippen molar-refractivity contribution in [3.8, 4) is 0 Å². The molecular formula is C15H12N4O6. The van der Waals surface area contributed by atoms with Gasteiger partial charge in [-0.2, -0.15) is 0 Å². The summed E-state index contributed by atoms with van der Waals surface area (Å²) in [6.07, 6.45) is 0. The van der Waals surface area contributed by atoms with Crippen molar-refractivity contribution in [2.24, 2.45) is 0 Å². The summed E-state index contributed by atoms with van der Waals surface area (Å²) < 4.78 is 0. The molecule has 0 aromatic heterocycles. The average molecular weight is 344 g/mol. The second kappa shape index (κ2) is 7.64. The summed E-state index contributed by atoms with van der Waals surface area (Å²) in [6.45, 7) is -0.175. The van der Waals surface area contributed by atoms with Crippen molar-refractivity contribution in [2.75, 3.05) is 6.67 Å². The van der Waals surface area contributed by atoms with Crippen LogP contribution in [0, 0.1) is 20.2 Å². The number of hydrogen-bond acceptors (Lipinski definition) is 6. The van der Waals surface area contributed by atoms with Crippen LogP contribution in [0.25, 0.3) is 0 Å². The zero-order valence-electron chi connectivity index (χ0n) is 12.7. The van der Waals surface area contributed by atoms with Crippen LogP contribution in [0.5, 0.6) is 0 Å². The highest BCUT2D eigenvalue weighted by molar-refractivity contribution is 5.96. The fourth-order valence-electron chi connectivity index (χ4n) is 1.88. The van der Waals surface area contributed by atoms with Crippen LogP contribution >= 0.6 is 0 Å². The second-order valence-corrected chi connectivity index (χ2v) is 4.80. The number of nitro benzene ring substituents is 2. The van der Waals surface area contributed by atoms with E-state index >= 15 is 0 Å². The van der Waals surface area contributed by atoms with Crippen molar-refractivity contribution in [3.63, 3.8) is 0 Å². The Bertz CT molecular complexity index is 747. The largest absolute Gasteiger partial charge is 0.335 e. The lowest BCUT2D eigenvalue weighted by molar-refractivity contribution is -0.385. The number of nitrogens with one attached hydrogen (secondary N) is 2. The van der Waals surface area contributed by atoms with Gasteiger partial charge in [0.15, 0.2) is 0 Å². The standard InChI is InChI=1S/C15H12N4O6/c20-14(10-1-5-12(6-2-10)18(22)23)16-9-17-15(21)11-3-7-13(8-4-11)19(24)25/h1-8H,9H2,(H,16,20)(H,17,21). The number of hydrogen-bond donors (Lipinski definition) is 2. The first-order chi connectivity index (χ1) is 11.9. The highest BCUT2D eigenvalue weighted by Gasteiger charge is 2.11. The molecule has 25 heavy (non-hydrogen) atoms. The Labute approximate surface area is 140 Å². The fourth-order valence-corrected chi connectivity index (χ4v) is 1.88. The lowest BCUT2D eigenvalue weighted by Gasteiger charge is -2.07. The SMILES string of the molecule is O=C(NCNC(=O)c1ccc([N+](=O)[O-])cc1)c1ccc([N+](=O)[O-])cc1. The minimum atomic E-state index is -0.577. The number of non-ortho nitro benzene ring substituents is 2. The monoisotopic (exact) mass is 344 g/mol. The van der Waals surface area contributed by atoms with Crippen molar-refractivity contribution in [2.45, 2.75) is 0 Å². The van der Waals surface area contributed by atoms with Crippen LogP contribution in [-0.2, 0) is 0 Å². The van der Waals surface area contributed by atoms with Gasteiger partial charge in [-0.15, -0.1) is 0 Å². The molecule has 0 aliphatic rings. The van der Waals surface area contributed by atoms with Crippen LogP contribution in [0.1, 0.15) is 20.7 Å². The molecule has 0 spiro atoms. The molecule has 2 N–H and O–H groups in total. The summed E-state index contributed by atoms with van der Waals surface area (Å²) in [5, 5.41) is 25.9. The summed E-state index contributed by atoms with van der Waals surface area (Å²) in [5.74, 6) is -1.03. The highest BCUT2D eigenvalue weighted by Crippen LogP contribution is 2.12. The highest BCUT2D eigenvalue weighted by atomic mass is 16.6. The van der Waals surface area contributed by atoms with E-state index in [9.17, 15) is 29.8 Å². The molecule has 10 heteroatoms. The topological polar surface area (TPSA) is 144 Å². The van der Waals surface area contributed by atoms with Gasteiger partial charge in [-0.3, -0.25) is 29.8 Å². The van der Waals surface area contributed by atoms with Gasteiger partial charge in [0.25, 0.3) is 23.2 Å². The molecule has 0 saturated carbocycles. The average Bonchev–Trinajstić information content (AvgIpc) is 2.61. The van der Waals surface area contributed by atoms with Crippen LogP contribution in [0.3, 0.4) is 0 Å². The normalized spacial score (nSPS) is 9.92. The Balaban J connectivity index is 1.86. The van der Waals surface area contributed by atoms with E-state index in [-0.39, 0.29) is 29.2 Å². The Morgan fingerprint density at radius 1 is 0.720 bits per heavy atom. The van der Waals surface area contributed by atoms with Crippen LogP contribution in [0.15, 0.2) is 48.5 Å². The third-order valence-corrected chi connectivity index (χ3v) is 3.18. The second-order valence-electron chi connectivity index (χ2n) is 4.80. The molecular weight excluding hydrogens is 332 g/mol. The summed E-state index contributed by atoms with van der Waals surface area (Å²) in [6, 6.07) is 9.98. The molecule has 0 aliphatic heterocycles. The Morgan fingerprint density at radius 2 is 1.04 bits per heavy atom. The molecule has 0 unspecified atom stereocenters. The van der Waals surface area contributed by atoms with Gasteiger partial charge in [0, 0.05) is 35.4 Å². The maximum Gasteiger partial charge on any atom is 0.269 e. The third-order valence-electron chi connectivity index (χ3n) is 3.18. The third kappa shape index (κ3) is 4.58. The Morgan fingerprint density at radius 3 is 1.32 bits per heavy atom. The molecule has 10 nitrogen and oxygen atoms in total. The maximum atomic E-state index is 11.9. The number of nitrogens with zero attached hydrogens (tertiary/aromatic N) is 2. The van der Waals surface area contributed by atoms with Gasteiger partial charge < -0.3 is 10.6 Å². The zero-order valence-corrected chi connectivity index (χ0v) is 12.7. The van der Waals surface area contributed by atoms with E-state index in [0.717, 1.165) is 0 Å². The van der Waals surface area contributed by atoms with Gasteiger partial charge in [0.1, 0.15) is 0 Å². The molecule has 0 aliphatic carbocycles. The first kappa shape index (κ1) is 17.5. The molecule has 0 heterocycles. The molecule has 0 radical (unpaired) electrons. The number of nitro groups is 2. The Kier molecular flexibility index (Phi) is 5.36. The van der Waals surface area contributed by atoms with Crippen LogP contribution in [0.2, 0.25) is 0 Å². The quantitative estimate of drug-likeness (QED) is 0.463. The molecule has 0 bridgehead atoms. The van der Waals surface area contributed by atoms with Gasteiger partial charge in [0.2, 0.25) is 0 Å². The summed E-state index contributed by atoms with van der Waals surface area (Å²) in [4.78, 5) is 43.6. The van der Waals surface area contributed by atoms with E-state index in [1.807, 2.05) is 0 Å². The van der Waals surface area contributed by atoms with Crippen molar-refractivity contribution in [3.05, 3.63) is 79.9 Å². The summed E-state index contributed by atoms with van der Waals surface area (Å²) >= 11 is 0. The number of carbonyl (C=O) groups excluding carboxylic acids is 2. The molecule has 2 aromatic rings.